The van der Waals surface area contributed by atoms with E-state index in [1.807, 2.05) is 0 Å². The average Bonchev–Trinajstić information content (AvgIpc) is 3.04. The molecular formula is C25H22N2O5. The molecule has 2 aromatic carbocycles. The highest BCUT2D eigenvalue weighted by Gasteiger charge is 2.46. The highest BCUT2D eigenvalue weighted by molar-refractivity contribution is 6.46. The second kappa shape index (κ2) is 8.55. The van der Waals surface area contributed by atoms with E-state index in [4.69, 9.17) is 4.74 Å². The summed E-state index contributed by atoms with van der Waals surface area (Å²) in [5.74, 6) is -1.16. The van der Waals surface area contributed by atoms with Gasteiger partial charge in [-0.05, 0) is 66.1 Å². The van der Waals surface area contributed by atoms with Gasteiger partial charge in [-0.15, -0.1) is 0 Å². The number of hydrogen-bond donors (Lipinski definition) is 2. The van der Waals surface area contributed by atoms with E-state index >= 15 is 0 Å². The minimum Gasteiger partial charge on any atom is -0.508 e. The summed E-state index contributed by atoms with van der Waals surface area (Å²) in [4.78, 5) is 31.5. The van der Waals surface area contributed by atoms with Gasteiger partial charge in [0.05, 0.1) is 18.7 Å². The highest BCUT2D eigenvalue weighted by Crippen LogP contribution is 2.41. The van der Waals surface area contributed by atoms with Crippen LogP contribution in [0.15, 0.2) is 72.6 Å². The van der Waals surface area contributed by atoms with Crippen molar-refractivity contribution in [2.75, 3.05) is 7.11 Å². The van der Waals surface area contributed by atoms with Crippen LogP contribution in [0.4, 0.5) is 0 Å². The van der Waals surface area contributed by atoms with Crippen LogP contribution in [0.1, 0.15) is 28.3 Å². The van der Waals surface area contributed by atoms with Gasteiger partial charge in [0.15, 0.2) is 0 Å². The Balaban J connectivity index is 1.88. The Morgan fingerprint density at radius 3 is 2.50 bits per heavy atom. The molecule has 0 radical (unpaired) electrons. The molecule has 1 saturated heterocycles. The summed E-state index contributed by atoms with van der Waals surface area (Å²) in [5.41, 5.74) is 2.40. The second-order valence-electron chi connectivity index (χ2n) is 7.56. The van der Waals surface area contributed by atoms with Crippen LogP contribution >= 0.6 is 0 Å². The first-order valence-corrected chi connectivity index (χ1v) is 10.0. The van der Waals surface area contributed by atoms with Gasteiger partial charge in [-0.2, -0.15) is 0 Å². The lowest BCUT2D eigenvalue weighted by Crippen LogP contribution is -2.29. The topological polar surface area (TPSA) is 100.0 Å². The van der Waals surface area contributed by atoms with Crippen molar-refractivity contribution in [2.24, 2.45) is 0 Å². The van der Waals surface area contributed by atoms with Crippen molar-refractivity contribution in [2.45, 2.75) is 19.5 Å². The zero-order chi connectivity index (χ0) is 22.8. The van der Waals surface area contributed by atoms with E-state index in [2.05, 4.69) is 4.98 Å². The Bertz CT molecular complexity index is 1220. The van der Waals surface area contributed by atoms with Crippen LogP contribution < -0.4 is 4.74 Å². The zero-order valence-electron chi connectivity index (χ0n) is 17.6. The van der Waals surface area contributed by atoms with Gasteiger partial charge in [0, 0.05) is 24.5 Å². The van der Waals surface area contributed by atoms with Crippen LogP contribution in [-0.2, 0) is 16.1 Å². The Labute approximate surface area is 185 Å². The fraction of sp³-hybridized carbons (Fsp3) is 0.160. The lowest BCUT2D eigenvalue weighted by molar-refractivity contribution is -0.140. The summed E-state index contributed by atoms with van der Waals surface area (Å²) >= 11 is 0. The summed E-state index contributed by atoms with van der Waals surface area (Å²) in [6.07, 6.45) is 3.21. The maximum absolute atomic E-state index is 13.1. The van der Waals surface area contributed by atoms with E-state index in [-0.39, 0.29) is 23.6 Å². The molecule has 1 aromatic heterocycles. The van der Waals surface area contributed by atoms with Gasteiger partial charge in [0.1, 0.15) is 17.3 Å². The SMILES string of the molecule is COc1ccc(/C(O)=C2/C(=O)C(=O)N(Cc3ccncc3)C2c2cccc(O)c2)c(C)c1. The molecule has 7 nitrogen and oxygen atoms in total. The normalized spacial score (nSPS) is 17.6. The molecule has 0 bridgehead atoms. The first-order chi connectivity index (χ1) is 15.4. The number of aromatic hydroxyl groups is 1. The predicted octanol–water partition coefficient (Wildman–Crippen LogP) is 3.73. The average molecular weight is 430 g/mol. The van der Waals surface area contributed by atoms with Crippen molar-refractivity contribution in [3.05, 3.63) is 94.8 Å². The molecule has 1 aliphatic heterocycles. The molecule has 7 heteroatoms. The molecule has 4 rings (SSSR count). The van der Waals surface area contributed by atoms with Gasteiger partial charge < -0.3 is 19.8 Å². The summed E-state index contributed by atoms with van der Waals surface area (Å²) < 4.78 is 5.22. The van der Waals surface area contributed by atoms with E-state index in [0.717, 1.165) is 5.56 Å². The van der Waals surface area contributed by atoms with Crippen molar-refractivity contribution < 1.29 is 24.5 Å². The number of aliphatic hydroxyl groups excluding tert-OH is 1. The number of phenolic OH excluding ortho intramolecular Hbond substituents is 1. The number of hydrogen-bond acceptors (Lipinski definition) is 6. The van der Waals surface area contributed by atoms with E-state index in [1.54, 1.807) is 68.9 Å². The number of amides is 1. The molecule has 3 aromatic rings. The third-order valence-electron chi connectivity index (χ3n) is 5.52. The number of ether oxygens (including phenoxy) is 1. The van der Waals surface area contributed by atoms with Crippen LogP contribution in [-0.4, -0.2) is 38.9 Å². The third-order valence-corrected chi connectivity index (χ3v) is 5.52. The lowest BCUT2D eigenvalue weighted by atomic mass is 9.93. The van der Waals surface area contributed by atoms with Gasteiger partial charge in [0.25, 0.3) is 11.7 Å². The zero-order valence-corrected chi connectivity index (χ0v) is 17.6. The quantitative estimate of drug-likeness (QED) is 0.364. The molecule has 0 spiro atoms. The Kier molecular flexibility index (Phi) is 5.64. The molecule has 0 saturated carbocycles. The van der Waals surface area contributed by atoms with Crippen LogP contribution in [0.5, 0.6) is 11.5 Å². The van der Waals surface area contributed by atoms with Gasteiger partial charge >= 0.3 is 0 Å². The van der Waals surface area contributed by atoms with Gasteiger partial charge in [-0.1, -0.05) is 12.1 Å². The Hall–Kier alpha value is -4.13. The fourth-order valence-electron chi connectivity index (χ4n) is 3.94. The summed E-state index contributed by atoms with van der Waals surface area (Å²) in [7, 11) is 1.54. The van der Waals surface area contributed by atoms with Crippen LogP contribution in [0, 0.1) is 6.92 Å². The van der Waals surface area contributed by atoms with E-state index < -0.39 is 17.7 Å². The minimum absolute atomic E-state index is 0.00220. The fourth-order valence-corrected chi connectivity index (χ4v) is 3.94. The number of carbonyl (C=O) groups is 2. The number of rotatable bonds is 5. The molecule has 2 heterocycles. The van der Waals surface area contributed by atoms with Gasteiger partial charge in [-0.3, -0.25) is 14.6 Å². The van der Waals surface area contributed by atoms with E-state index in [1.165, 1.54) is 17.0 Å². The van der Waals surface area contributed by atoms with Crippen LogP contribution in [0.2, 0.25) is 0 Å². The monoisotopic (exact) mass is 430 g/mol. The molecule has 32 heavy (non-hydrogen) atoms. The van der Waals surface area contributed by atoms with E-state index in [9.17, 15) is 19.8 Å². The minimum atomic E-state index is -0.864. The number of methoxy groups -OCH3 is 1. The van der Waals surface area contributed by atoms with Crippen molar-refractivity contribution in [1.29, 1.82) is 0 Å². The Morgan fingerprint density at radius 1 is 1.09 bits per heavy atom. The number of ketones is 1. The molecule has 1 unspecified atom stereocenters. The first-order valence-electron chi connectivity index (χ1n) is 10.0. The van der Waals surface area contributed by atoms with Gasteiger partial charge in [0.2, 0.25) is 0 Å². The first kappa shape index (κ1) is 21.1. The van der Waals surface area contributed by atoms with Crippen LogP contribution in [0.3, 0.4) is 0 Å². The number of phenols is 1. The molecule has 162 valence electrons. The summed E-state index contributed by atoms with van der Waals surface area (Å²) in [6.45, 7) is 1.93. The smallest absolute Gasteiger partial charge is 0.295 e. The molecule has 1 aliphatic rings. The highest BCUT2D eigenvalue weighted by atomic mass is 16.5. The van der Waals surface area contributed by atoms with Crippen LogP contribution in [0.25, 0.3) is 5.76 Å². The number of pyridine rings is 1. The van der Waals surface area contributed by atoms with E-state index in [0.29, 0.717) is 22.4 Å². The number of aliphatic hydroxyl groups is 1. The van der Waals surface area contributed by atoms with Gasteiger partial charge in [-0.25, -0.2) is 0 Å². The number of carbonyl (C=O) groups excluding carboxylic acids is 2. The maximum atomic E-state index is 13.1. The number of nitrogens with zero attached hydrogens (tertiary/aromatic N) is 2. The van der Waals surface area contributed by atoms with Crippen molar-refractivity contribution >= 4 is 17.4 Å². The number of aromatic nitrogens is 1. The summed E-state index contributed by atoms with van der Waals surface area (Å²) in [6, 6.07) is 14.1. The number of benzene rings is 2. The summed E-state index contributed by atoms with van der Waals surface area (Å²) in [5, 5.41) is 21.2. The number of Topliss-reactive ketones (excluding diaryl/α,β-unsaturated/α-hetero) is 1. The van der Waals surface area contributed by atoms with Crippen molar-refractivity contribution in [3.63, 3.8) is 0 Å². The molecular weight excluding hydrogens is 408 g/mol. The number of likely N-dealkylation sites (tertiary alicyclic amines) is 1. The molecule has 2 N–H and O–H groups in total. The number of aryl methyl sites for hydroxylation is 1. The predicted molar refractivity (Wildman–Crippen MR) is 118 cm³/mol. The molecule has 1 amide bonds. The van der Waals surface area contributed by atoms with Crippen molar-refractivity contribution in [3.8, 4) is 11.5 Å². The third kappa shape index (κ3) is 3.80. The Morgan fingerprint density at radius 2 is 1.84 bits per heavy atom. The lowest BCUT2D eigenvalue weighted by Gasteiger charge is -2.25. The second-order valence-corrected chi connectivity index (χ2v) is 7.56. The molecule has 1 atom stereocenters. The standard InChI is InChI=1S/C25H22N2O5/c1-15-12-19(32-2)6-7-20(15)23(29)21-22(17-4-3-5-18(28)13-17)27(25(31)24(21)30)14-16-8-10-26-11-9-16/h3-13,22,28-29H,14H2,1-2H3/b23-21-. The molecule has 0 aliphatic carbocycles. The molecule has 1 fully saturated rings. The largest absolute Gasteiger partial charge is 0.508 e. The van der Waals surface area contributed by atoms with Crippen molar-refractivity contribution in [1.82, 2.24) is 9.88 Å². The maximum Gasteiger partial charge on any atom is 0.295 e.